The van der Waals surface area contributed by atoms with Crippen molar-refractivity contribution >= 4 is 143 Å². The predicted octanol–water partition coefficient (Wildman–Crippen LogP) is 34.3. The quantitative estimate of drug-likeness (QED) is 0.0967. The van der Waals surface area contributed by atoms with Gasteiger partial charge in [-0.25, -0.2) is 0 Å². The lowest BCUT2D eigenvalue weighted by molar-refractivity contribution is 0.669. The van der Waals surface area contributed by atoms with Crippen LogP contribution >= 0.6 is 0 Å². The van der Waals surface area contributed by atoms with E-state index in [9.17, 15) is 0 Å². The van der Waals surface area contributed by atoms with Crippen molar-refractivity contribution in [2.24, 2.45) is 0 Å². The summed E-state index contributed by atoms with van der Waals surface area (Å²) in [5.41, 5.74) is 34.6. The van der Waals surface area contributed by atoms with Gasteiger partial charge in [-0.05, 0) is 199 Å². The van der Waals surface area contributed by atoms with Crippen molar-refractivity contribution in [3.8, 4) is 100 Å². The molecule has 0 aliphatic rings. The largest absolute Gasteiger partial charge is 0.455 e. The highest BCUT2D eigenvalue weighted by Crippen LogP contribution is 2.51. The van der Waals surface area contributed by atoms with E-state index in [1.807, 2.05) is 6.07 Å². The number of para-hydroxylation sites is 10. The van der Waals surface area contributed by atoms with E-state index in [0.29, 0.717) is 0 Å². The van der Waals surface area contributed by atoms with Crippen LogP contribution in [0, 0.1) is 0 Å². The third kappa shape index (κ3) is 12.4. The van der Waals surface area contributed by atoms with Crippen molar-refractivity contribution in [2.45, 2.75) is 0 Å². The SMILES string of the molecule is c1cc(-c2ccc(-c3ccc(N(c4ccc(-c5cccc6cc(-c7ccc8c(c7)oc7c(-c9ccccc9N(c9ccc(-c%10ccc(-c%11ccccc%11-n%11c%12ccccc%12c%12ccccc%12%11)cc%10)cc9)c9cccc%10ccccc9%10)cccc78)ccc56)cc4)c4ccccc4-c4cccc5c4oc4ccccc45)cc3)cc2)cc(-n2c3ccccc3c3ccccc32)c1. The molecular weight excluding hydrogens is 1550 g/mol. The summed E-state index contributed by atoms with van der Waals surface area (Å²) in [6.07, 6.45) is 0. The molecule has 4 heterocycles. The van der Waals surface area contributed by atoms with E-state index in [2.05, 4.69) is 486 Å². The number of rotatable bonds is 16. The summed E-state index contributed by atoms with van der Waals surface area (Å²) in [7, 11) is 0. The molecule has 0 N–H and O–H groups in total. The fourth-order valence-corrected chi connectivity index (χ4v) is 20.1. The number of fused-ring (bicyclic) bond motifs is 14. The van der Waals surface area contributed by atoms with E-state index >= 15 is 0 Å². The van der Waals surface area contributed by atoms with Crippen LogP contribution in [0.4, 0.5) is 34.1 Å². The van der Waals surface area contributed by atoms with Crippen LogP contribution in [-0.2, 0) is 0 Å². The maximum atomic E-state index is 7.22. The van der Waals surface area contributed by atoms with Gasteiger partial charge in [0.15, 0.2) is 0 Å². The highest BCUT2D eigenvalue weighted by molar-refractivity contribution is 6.16. The van der Waals surface area contributed by atoms with Gasteiger partial charge >= 0.3 is 0 Å². The lowest BCUT2D eigenvalue weighted by Gasteiger charge is -2.29. The number of hydrogen-bond donors (Lipinski definition) is 0. The number of anilines is 6. The second-order valence-corrected chi connectivity index (χ2v) is 33.3. The molecule has 0 radical (unpaired) electrons. The van der Waals surface area contributed by atoms with Crippen LogP contribution in [0.3, 0.4) is 0 Å². The van der Waals surface area contributed by atoms with Crippen molar-refractivity contribution < 1.29 is 8.83 Å². The highest BCUT2D eigenvalue weighted by atomic mass is 16.3. The second kappa shape index (κ2) is 30.5. The molecule has 0 saturated carbocycles. The molecule has 598 valence electrons. The minimum absolute atomic E-state index is 0.831. The van der Waals surface area contributed by atoms with E-state index in [1.165, 1.54) is 65.5 Å². The molecule has 0 spiro atoms. The Hall–Kier alpha value is -17.1. The smallest absolute Gasteiger partial charge is 0.143 e. The summed E-state index contributed by atoms with van der Waals surface area (Å²) < 4.78 is 18.8. The molecule has 6 heteroatoms. The normalized spacial score (nSPS) is 11.8. The topological polar surface area (TPSA) is 42.6 Å². The Morgan fingerprint density at radius 1 is 0.172 bits per heavy atom. The van der Waals surface area contributed by atoms with E-state index in [4.69, 9.17) is 8.83 Å². The summed E-state index contributed by atoms with van der Waals surface area (Å²) in [5, 5.41) is 14.0. The summed E-state index contributed by atoms with van der Waals surface area (Å²) in [6.45, 7) is 0. The lowest BCUT2D eigenvalue weighted by Crippen LogP contribution is -2.11. The van der Waals surface area contributed by atoms with E-state index in [-0.39, 0.29) is 0 Å². The van der Waals surface area contributed by atoms with Crippen LogP contribution in [-0.4, -0.2) is 9.13 Å². The summed E-state index contributed by atoms with van der Waals surface area (Å²) in [6, 6.07) is 172. The zero-order valence-corrected chi connectivity index (χ0v) is 69.6. The minimum atomic E-state index is 0.831. The third-order valence-corrected chi connectivity index (χ3v) is 26.2. The van der Waals surface area contributed by atoms with Crippen LogP contribution in [0.1, 0.15) is 0 Å². The van der Waals surface area contributed by atoms with Gasteiger partial charge in [0.05, 0.1) is 44.8 Å². The molecule has 25 rings (SSSR count). The van der Waals surface area contributed by atoms with Crippen molar-refractivity contribution in [2.75, 3.05) is 9.80 Å². The number of hydrogen-bond acceptors (Lipinski definition) is 4. The van der Waals surface area contributed by atoms with Gasteiger partial charge in [-0.15, -0.1) is 0 Å². The summed E-state index contributed by atoms with van der Waals surface area (Å²) in [5.74, 6) is 0. The average molecular weight is 1630 g/mol. The molecule has 0 atom stereocenters. The Labute approximate surface area is 739 Å². The molecule has 21 aromatic carbocycles. The Morgan fingerprint density at radius 2 is 0.523 bits per heavy atom. The first-order valence-electron chi connectivity index (χ1n) is 43.8. The fourth-order valence-electron chi connectivity index (χ4n) is 20.1. The lowest BCUT2D eigenvalue weighted by atomic mass is 9.94. The third-order valence-electron chi connectivity index (χ3n) is 26.2. The van der Waals surface area contributed by atoms with E-state index in [1.54, 1.807) is 0 Å². The van der Waals surface area contributed by atoms with Gasteiger partial charge in [0.2, 0.25) is 0 Å². The van der Waals surface area contributed by atoms with Crippen molar-refractivity contribution in [3.63, 3.8) is 0 Å². The molecule has 0 saturated heterocycles. The molecule has 25 aromatic rings. The summed E-state index contributed by atoms with van der Waals surface area (Å²) in [4.78, 5) is 4.81. The number of aromatic nitrogens is 2. The maximum absolute atomic E-state index is 7.22. The van der Waals surface area contributed by atoms with Gasteiger partial charge in [0.25, 0.3) is 0 Å². The van der Waals surface area contributed by atoms with Crippen molar-refractivity contribution in [3.05, 3.63) is 473 Å². The van der Waals surface area contributed by atoms with Crippen molar-refractivity contribution in [1.82, 2.24) is 9.13 Å². The van der Waals surface area contributed by atoms with E-state index in [0.717, 1.165) is 178 Å². The Morgan fingerprint density at radius 3 is 1.12 bits per heavy atom. The van der Waals surface area contributed by atoms with Gasteiger partial charge in [0, 0.05) is 99.0 Å². The Bertz CT molecular complexity index is 8570. The fraction of sp³-hybridized carbons (Fsp3) is 0. The monoisotopic (exact) mass is 1630 g/mol. The van der Waals surface area contributed by atoms with Gasteiger partial charge in [-0.1, -0.05) is 352 Å². The molecule has 128 heavy (non-hydrogen) atoms. The van der Waals surface area contributed by atoms with Crippen molar-refractivity contribution in [1.29, 1.82) is 0 Å². The molecule has 0 amide bonds. The van der Waals surface area contributed by atoms with Crippen LogP contribution < -0.4 is 9.80 Å². The van der Waals surface area contributed by atoms with Crippen LogP contribution in [0.5, 0.6) is 0 Å². The molecule has 0 aliphatic heterocycles. The number of nitrogens with zero attached hydrogens (tertiary/aromatic N) is 4. The minimum Gasteiger partial charge on any atom is -0.455 e. The summed E-state index contributed by atoms with van der Waals surface area (Å²) >= 11 is 0. The van der Waals surface area contributed by atoms with Crippen LogP contribution in [0.25, 0.3) is 209 Å². The maximum Gasteiger partial charge on any atom is 0.143 e. The van der Waals surface area contributed by atoms with Crippen LogP contribution in [0.2, 0.25) is 0 Å². The Balaban J connectivity index is 0.520. The Kier molecular flexibility index (Phi) is 17.5. The first kappa shape index (κ1) is 73.6. The standard InChI is InChI=1S/C122H78N4O2/c1-2-29-97-84(24-1)25-21-50-111(97)124(93-70-62-82(63-71-93)80-56-58-86(59-57-80)98-30-3-11-43-112(98)126-117-48-16-6-33-101(117)102-34-7-17-49-118(102)126)116-47-15-9-36-104(116)108-40-23-42-110-106-75-67-89(78-120(106)128-122(108)110)88-66-74-96-90(76-88)27-20-38-95(96)85-64-72-92(73-65-85)123(113-44-12-8-35-103(113)107-39-22-41-109-105-37-10-18-51-119(105)127-121(107)109)91-68-60-81(61-69-91)79-52-54-83(55-53-79)87-26-19-28-94(77-87)125-114-45-13-4-31-99(114)100-32-5-14-46-115(100)125/h1-78H. The molecule has 0 fully saturated rings. The zero-order chi connectivity index (χ0) is 84.3. The number of furan rings is 2. The zero-order valence-electron chi connectivity index (χ0n) is 69.6. The second-order valence-electron chi connectivity index (χ2n) is 33.3. The van der Waals surface area contributed by atoms with Gasteiger partial charge in [-0.2, -0.15) is 0 Å². The van der Waals surface area contributed by atoms with Gasteiger partial charge in [0.1, 0.15) is 22.3 Å². The average Bonchev–Trinajstić information content (AvgIpc) is 1.61. The number of benzene rings is 21. The predicted molar refractivity (Wildman–Crippen MR) is 538 cm³/mol. The van der Waals surface area contributed by atoms with E-state index < -0.39 is 0 Å². The molecule has 4 aromatic heterocycles. The first-order valence-corrected chi connectivity index (χ1v) is 43.8. The molecule has 0 aliphatic carbocycles. The highest BCUT2D eigenvalue weighted by Gasteiger charge is 2.26. The molecule has 0 unspecified atom stereocenters. The van der Waals surface area contributed by atoms with Gasteiger partial charge < -0.3 is 27.8 Å². The molecule has 6 nitrogen and oxygen atoms in total. The first-order chi connectivity index (χ1) is 63.5. The molecular formula is C122H78N4O2. The molecule has 0 bridgehead atoms. The van der Waals surface area contributed by atoms with Gasteiger partial charge in [-0.3, -0.25) is 0 Å². The van der Waals surface area contributed by atoms with Crippen LogP contribution in [0.15, 0.2) is 482 Å².